The van der Waals surface area contributed by atoms with Gasteiger partial charge in [0.1, 0.15) is 11.3 Å². The molecule has 3 rings (SSSR count). The summed E-state index contributed by atoms with van der Waals surface area (Å²) in [7, 11) is 0. The predicted molar refractivity (Wildman–Crippen MR) is 95.9 cm³/mol. The number of carbonyl (C=O) groups is 1. The standard InChI is InChI=1S/C20H21NO4/c1-3-23-17-10-6-7-11-18(17)24-13-20(22)21-14(2)19-12-15-8-4-5-9-16(15)25-19/h4-12,14H,3,13H2,1-2H3,(H,21,22)/t14-/m1/s1. The van der Waals surface area contributed by atoms with Crippen molar-refractivity contribution in [3.05, 3.63) is 60.4 Å². The minimum absolute atomic E-state index is 0.0886. The van der Waals surface area contributed by atoms with Crippen LogP contribution in [0.15, 0.2) is 59.0 Å². The van der Waals surface area contributed by atoms with E-state index in [4.69, 9.17) is 13.9 Å². The van der Waals surface area contributed by atoms with E-state index in [1.165, 1.54) is 0 Å². The van der Waals surface area contributed by atoms with E-state index in [1.807, 2.05) is 62.4 Å². The van der Waals surface area contributed by atoms with Crippen molar-refractivity contribution in [2.45, 2.75) is 19.9 Å². The number of para-hydroxylation sites is 3. The molecule has 0 saturated heterocycles. The molecule has 25 heavy (non-hydrogen) atoms. The SMILES string of the molecule is CCOc1ccccc1OCC(=O)N[C@H](C)c1cc2ccccc2o1. The molecule has 1 N–H and O–H groups in total. The van der Waals surface area contributed by atoms with E-state index in [1.54, 1.807) is 6.07 Å². The van der Waals surface area contributed by atoms with Crippen molar-refractivity contribution in [3.63, 3.8) is 0 Å². The van der Waals surface area contributed by atoms with Crippen molar-refractivity contribution in [2.24, 2.45) is 0 Å². The van der Waals surface area contributed by atoms with Crippen LogP contribution in [-0.4, -0.2) is 19.1 Å². The fraction of sp³-hybridized carbons (Fsp3) is 0.250. The van der Waals surface area contributed by atoms with Crippen LogP contribution >= 0.6 is 0 Å². The lowest BCUT2D eigenvalue weighted by atomic mass is 10.2. The second-order valence-electron chi connectivity index (χ2n) is 5.64. The van der Waals surface area contributed by atoms with Crippen molar-refractivity contribution < 1.29 is 18.7 Å². The summed E-state index contributed by atoms with van der Waals surface area (Å²) in [4.78, 5) is 12.2. The normalized spacial score (nSPS) is 11.9. The first kappa shape index (κ1) is 16.9. The molecule has 0 saturated carbocycles. The number of rotatable bonds is 7. The Hall–Kier alpha value is -2.95. The van der Waals surface area contributed by atoms with Gasteiger partial charge in [0.15, 0.2) is 18.1 Å². The fourth-order valence-electron chi connectivity index (χ4n) is 2.56. The highest BCUT2D eigenvalue weighted by atomic mass is 16.5. The summed E-state index contributed by atoms with van der Waals surface area (Å²) in [6.07, 6.45) is 0. The fourth-order valence-corrected chi connectivity index (χ4v) is 2.56. The first-order valence-electron chi connectivity index (χ1n) is 8.30. The molecule has 0 fully saturated rings. The van der Waals surface area contributed by atoms with Gasteiger partial charge in [-0.15, -0.1) is 0 Å². The third-order valence-corrected chi connectivity index (χ3v) is 3.76. The van der Waals surface area contributed by atoms with Crippen LogP contribution < -0.4 is 14.8 Å². The Morgan fingerprint density at radius 3 is 2.48 bits per heavy atom. The van der Waals surface area contributed by atoms with Gasteiger partial charge in [-0.05, 0) is 38.1 Å². The van der Waals surface area contributed by atoms with Crippen LogP contribution in [0.3, 0.4) is 0 Å². The molecule has 0 aliphatic carbocycles. The zero-order valence-corrected chi connectivity index (χ0v) is 14.3. The first-order valence-corrected chi connectivity index (χ1v) is 8.30. The highest BCUT2D eigenvalue weighted by Crippen LogP contribution is 2.26. The van der Waals surface area contributed by atoms with E-state index >= 15 is 0 Å². The number of fused-ring (bicyclic) bond motifs is 1. The number of hydrogen-bond donors (Lipinski definition) is 1. The Balaban J connectivity index is 1.59. The Morgan fingerprint density at radius 2 is 1.76 bits per heavy atom. The number of nitrogens with one attached hydrogen (secondary N) is 1. The van der Waals surface area contributed by atoms with Crippen molar-refractivity contribution in [1.29, 1.82) is 0 Å². The van der Waals surface area contributed by atoms with E-state index in [0.29, 0.717) is 23.9 Å². The van der Waals surface area contributed by atoms with Gasteiger partial charge in [-0.1, -0.05) is 30.3 Å². The molecule has 130 valence electrons. The topological polar surface area (TPSA) is 60.7 Å². The number of amides is 1. The largest absolute Gasteiger partial charge is 0.490 e. The van der Waals surface area contributed by atoms with Crippen LogP contribution in [0, 0.1) is 0 Å². The van der Waals surface area contributed by atoms with Gasteiger partial charge in [-0.2, -0.15) is 0 Å². The average Bonchev–Trinajstić information content (AvgIpc) is 3.05. The van der Waals surface area contributed by atoms with Gasteiger partial charge in [0.25, 0.3) is 5.91 Å². The van der Waals surface area contributed by atoms with E-state index < -0.39 is 0 Å². The van der Waals surface area contributed by atoms with Crippen LogP contribution in [-0.2, 0) is 4.79 Å². The van der Waals surface area contributed by atoms with Crippen molar-refractivity contribution in [2.75, 3.05) is 13.2 Å². The zero-order chi connectivity index (χ0) is 17.6. The van der Waals surface area contributed by atoms with Gasteiger partial charge < -0.3 is 19.2 Å². The smallest absolute Gasteiger partial charge is 0.258 e. The molecule has 0 radical (unpaired) electrons. The molecule has 1 amide bonds. The van der Waals surface area contributed by atoms with Crippen LogP contribution in [0.4, 0.5) is 0 Å². The summed E-state index contributed by atoms with van der Waals surface area (Å²) >= 11 is 0. The van der Waals surface area contributed by atoms with Gasteiger partial charge in [-0.3, -0.25) is 4.79 Å². The Kier molecular flexibility index (Phi) is 5.23. The van der Waals surface area contributed by atoms with Crippen LogP contribution in [0.5, 0.6) is 11.5 Å². The summed E-state index contributed by atoms with van der Waals surface area (Å²) in [6, 6.07) is 16.7. The second kappa shape index (κ2) is 7.75. The summed E-state index contributed by atoms with van der Waals surface area (Å²) in [5, 5.41) is 3.89. The summed E-state index contributed by atoms with van der Waals surface area (Å²) < 4.78 is 16.8. The number of ether oxygens (including phenoxy) is 2. The molecule has 0 aliphatic rings. The van der Waals surface area contributed by atoms with Crippen molar-refractivity contribution in [3.8, 4) is 11.5 Å². The third kappa shape index (κ3) is 4.12. The molecular weight excluding hydrogens is 318 g/mol. The van der Waals surface area contributed by atoms with Gasteiger partial charge >= 0.3 is 0 Å². The van der Waals surface area contributed by atoms with Gasteiger partial charge in [0.05, 0.1) is 12.6 Å². The monoisotopic (exact) mass is 339 g/mol. The zero-order valence-electron chi connectivity index (χ0n) is 14.3. The second-order valence-corrected chi connectivity index (χ2v) is 5.64. The summed E-state index contributed by atoms with van der Waals surface area (Å²) in [5.41, 5.74) is 0.806. The highest BCUT2D eigenvalue weighted by Gasteiger charge is 2.15. The third-order valence-electron chi connectivity index (χ3n) is 3.76. The van der Waals surface area contributed by atoms with E-state index in [9.17, 15) is 4.79 Å². The van der Waals surface area contributed by atoms with Gasteiger partial charge in [0.2, 0.25) is 0 Å². The molecule has 0 spiro atoms. The Bertz CT molecular complexity index is 823. The van der Waals surface area contributed by atoms with E-state index in [-0.39, 0.29) is 18.6 Å². The first-order chi connectivity index (χ1) is 12.2. The molecule has 3 aromatic rings. The molecule has 1 aromatic heterocycles. The van der Waals surface area contributed by atoms with Crippen LogP contribution in [0.2, 0.25) is 0 Å². The molecule has 0 aliphatic heterocycles. The van der Waals surface area contributed by atoms with Crippen molar-refractivity contribution >= 4 is 16.9 Å². The molecule has 5 heteroatoms. The van der Waals surface area contributed by atoms with E-state index in [2.05, 4.69) is 5.32 Å². The predicted octanol–water partition coefficient (Wildman–Crippen LogP) is 4.09. The number of furan rings is 1. The minimum atomic E-state index is -0.245. The summed E-state index contributed by atoms with van der Waals surface area (Å²) in [6.45, 7) is 4.23. The molecule has 1 heterocycles. The number of carbonyl (C=O) groups excluding carboxylic acids is 1. The summed E-state index contributed by atoms with van der Waals surface area (Å²) in [5.74, 6) is 1.67. The quantitative estimate of drug-likeness (QED) is 0.704. The molecule has 0 unspecified atom stereocenters. The Labute approximate surface area is 146 Å². The van der Waals surface area contributed by atoms with Gasteiger partial charge in [-0.25, -0.2) is 0 Å². The van der Waals surface area contributed by atoms with Gasteiger partial charge in [0, 0.05) is 5.39 Å². The lowest BCUT2D eigenvalue weighted by Crippen LogP contribution is -2.31. The molecule has 0 bridgehead atoms. The molecular formula is C20H21NO4. The maximum absolute atomic E-state index is 12.2. The lowest BCUT2D eigenvalue weighted by Gasteiger charge is -2.14. The number of hydrogen-bond acceptors (Lipinski definition) is 4. The maximum atomic E-state index is 12.2. The van der Waals surface area contributed by atoms with Crippen LogP contribution in [0.1, 0.15) is 25.6 Å². The van der Waals surface area contributed by atoms with Crippen molar-refractivity contribution in [1.82, 2.24) is 5.32 Å². The maximum Gasteiger partial charge on any atom is 0.258 e. The van der Waals surface area contributed by atoms with E-state index in [0.717, 1.165) is 11.0 Å². The molecule has 2 aromatic carbocycles. The Morgan fingerprint density at radius 1 is 1.08 bits per heavy atom. The highest BCUT2D eigenvalue weighted by molar-refractivity contribution is 5.79. The molecule has 1 atom stereocenters. The average molecular weight is 339 g/mol. The number of benzene rings is 2. The minimum Gasteiger partial charge on any atom is -0.490 e. The lowest BCUT2D eigenvalue weighted by molar-refractivity contribution is -0.123. The molecule has 5 nitrogen and oxygen atoms in total. The van der Waals surface area contributed by atoms with Crippen LogP contribution in [0.25, 0.3) is 11.0 Å².